The van der Waals surface area contributed by atoms with Crippen molar-refractivity contribution in [1.82, 2.24) is 4.57 Å². The Hall–Kier alpha value is -3.68. The van der Waals surface area contributed by atoms with Gasteiger partial charge in [0.15, 0.2) is 5.69 Å². The Bertz CT molecular complexity index is 1020. The first-order valence-corrected chi connectivity index (χ1v) is 8.28. The van der Waals surface area contributed by atoms with Crippen LogP contribution >= 0.6 is 0 Å². The third kappa shape index (κ3) is 3.79. The molecule has 3 aromatic rings. The van der Waals surface area contributed by atoms with Crippen molar-refractivity contribution in [2.75, 3.05) is 12.3 Å². The molecule has 8 heteroatoms. The number of nitrogen functional groups attached to an aromatic ring is 1. The number of aromatic nitrogens is 1. The maximum atomic E-state index is 12.2. The van der Waals surface area contributed by atoms with Gasteiger partial charge in [-0.25, -0.2) is 0 Å². The Balaban J connectivity index is 1.96. The number of azo groups is 1. The number of fused-ring (bicyclic) bond motifs is 1. The van der Waals surface area contributed by atoms with E-state index in [2.05, 4.69) is 10.2 Å². The molecule has 0 unspecified atom stereocenters. The summed E-state index contributed by atoms with van der Waals surface area (Å²) in [5.41, 5.74) is 7.14. The fourth-order valence-electron chi connectivity index (χ4n) is 2.64. The van der Waals surface area contributed by atoms with Gasteiger partial charge in [0.1, 0.15) is 6.54 Å². The molecule has 0 atom stereocenters. The first-order chi connectivity index (χ1) is 13.0. The number of nitrogens with two attached hydrogens (primary N) is 1. The number of nitrogens with zero attached hydrogens (tertiary/aromatic N) is 3. The quantitative estimate of drug-likeness (QED) is 0.407. The first kappa shape index (κ1) is 18.1. The zero-order valence-corrected chi connectivity index (χ0v) is 14.6. The van der Waals surface area contributed by atoms with Gasteiger partial charge in [-0.3, -0.25) is 14.2 Å². The lowest BCUT2D eigenvalue weighted by Crippen LogP contribution is -2.12. The van der Waals surface area contributed by atoms with Crippen LogP contribution in [0.15, 0.2) is 58.8 Å². The largest absolute Gasteiger partial charge is 0.493 e. The molecule has 3 N–H and O–H groups in total. The number of ether oxygens (including phenoxy) is 1. The number of hydrogen-bond acceptors (Lipinski definition) is 6. The van der Waals surface area contributed by atoms with Crippen LogP contribution in [0.5, 0.6) is 5.88 Å². The van der Waals surface area contributed by atoms with E-state index in [0.29, 0.717) is 22.2 Å². The van der Waals surface area contributed by atoms with Gasteiger partial charge in [0.05, 0.1) is 12.1 Å². The molecule has 3 rings (SSSR count). The maximum Gasteiger partial charge on any atom is 0.326 e. The predicted octanol–water partition coefficient (Wildman–Crippen LogP) is 3.42. The Kier molecular flexibility index (Phi) is 5.16. The lowest BCUT2D eigenvalue weighted by molar-refractivity contribution is -0.143. The zero-order chi connectivity index (χ0) is 19.4. The molecule has 2 aromatic carbocycles. The predicted molar refractivity (Wildman–Crippen MR) is 99.9 cm³/mol. The highest BCUT2D eigenvalue weighted by Gasteiger charge is 2.19. The van der Waals surface area contributed by atoms with Crippen LogP contribution in [0.3, 0.4) is 0 Å². The average molecular weight is 366 g/mol. The molecule has 0 radical (unpaired) electrons. The van der Waals surface area contributed by atoms with Gasteiger partial charge in [-0.1, -0.05) is 18.2 Å². The second-order valence-corrected chi connectivity index (χ2v) is 5.71. The fourth-order valence-corrected chi connectivity index (χ4v) is 2.64. The number of rotatable bonds is 5. The van der Waals surface area contributed by atoms with Crippen molar-refractivity contribution in [3.8, 4) is 5.88 Å². The number of benzene rings is 2. The minimum absolute atomic E-state index is 0.110. The molecule has 8 nitrogen and oxygen atoms in total. The van der Waals surface area contributed by atoms with Gasteiger partial charge in [0.25, 0.3) is 5.91 Å². The molecule has 0 saturated heterocycles. The second kappa shape index (κ2) is 7.69. The van der Waals surface area contributed by atoms with Crippen LogP contribution in [-0.2, 0) is 16.1 Å². The normalized spacial score (nSPS) is 11.1. The molecule has 27 heavy (non-hydrogen) atoms. The summed E-state index contributed by atoms with van der Waals surface area (Å²) in [6, 6.07) is 13.2. The third-order valence-electron chi connectivity index (χ3n) is 3.91. The highest BCUT2D eigenvalue weighted by atomic mass is 16.5. The van der Waals surface area contributed by atoms with Crippen molar-refractivity contribution < 1.29 is 19.4 Å². The summed E-state index contributed by atoms with van der Waals surface area (Å²) in [7, 11) is 0. The molecule has 0 fully saturated rings. The molecule has 1 amide bonds. The summed E-state index contributed by atoms with van der Waals surface area (Å²) in [5.74, 6) is -1.33. The highest BCUT2D eigenvalue weighted by Crippen LogP contribution is 2.38. The van der Waals surface area contributed by atoms with Crippen LogP contribution in [0.2, 0.25) is 0 Å². The van der Waals surface area contributed by atoms with Crippen molar-refractivity contribution in [2.24, 2.45) is 10.2 Å². The Labute approximate surface area is 154 Å². The van der Waals surface area contributed by atoms with Gasteiger partial charge < -0.3 is 15.6 Å². The van der Waals surface area contributed by atoms with Gasteiger partial charge >= 0.3 is 5.97 Å². The molecule has 0 aliphatic carbocycles. The topological polar surface area (TPSA) is 119 Å². The maximum absolute atomic E-state index is 12.2. The van der Waals surface area contributed by atoms with E-state index >= 15 is 0 Å². The van der Waals surface area contributed by atoms with Gasteiger partial charge in [0.2, 0.25) is 5.88 Å². The minimum atomic E-state index is -0.573. The smallest absolute Gasteiger partial charge is 0.326 e. The Morgan fingerprint density at radius 1 is 1.15 bits per heavy atom. The molecular weight excluding hydrogens is 348 g/mol. The lowest BCUT2D eigenvalue weighted by Gasteiger charge is -2.06. The molecule has 1 aromatic heterocycles. The van der Waals surface area contributed by atoms with Crippen LogP contribution < -0.4 is 5.73 Å². The summed E-state index contributed by atoms with van der Waals surface area (Å²) < 4.78 is 6.31. The molecular formula is C19H18N4O4. The summed E-state index contributed by atoms with van der Waals surface area (Å²) in [6.07, 6.45) is 0. The van der Waals surface area contributed by atoms with E-state index in [1.165, 1.54) is 4.57 Å². The van der Waals surface area contributed by atoms with Crippen LogP contribution in [-0.4, -0.2) is 28.2 Å². The SMILES string of the molecule is CCOC(=O)Cn1c(O)c(N=NC(=O)c2ccc(N)cc2)c2ccccc21. The van der Waals surface area contributed by atoms with Crippen LogP contribution in [0, 0.1) is 0 Å². The molecule has 1 heterocycles. The molecule has 0 saturated carbocycles. The summed E-state index contributed by atoms with van der Waals surface area (Å²) in [5, 5.41) is 18.7. The molecule has 0 aliphatic heterocycles. The fraction of sp³-hybridized carbons (Fsp3) is 0.158. The third-order valence-corrected chi connectivity index (χ3v) is 3.91. The number of anilines is 1. The van der Waals surface area contributed by atoms with E-state index in [9.17, 15) is 14.7 Å². The van der Waals surface area contributed by atoms with Gasteiger partial charge in [-0.2, -0.15) is 0 Å². The van der Waals surface area contributed by atoms with E-state index in [4.69, 9.17) is 10.5 Å². The lowest BCUT2D eigenvalue weighted by atomic mass is 10.2. The van der Waals surface area contributed by atoms with Gasteiger partial charge in [0, 0.05) is 16.6 Å². The molecule has 138 valence electrons. The van der Waals surface area contributed by atoms with Crippen molar-refractivity contribution in [1.29, 1.82) is 0 Å². The number of esters is 1. The second-order valence-electron chi connectivity index (χ2n) is 5.71. The summed E-state index contributed by atoms with van der Waals surface area (Å²) in [4.78, 5) is 24.0. The molecule has 0 spiro atoms. The molecule has 0 bridgehead atoms. The number of hydrogen-bond donors (Lipinski definition) is 2. The minimum Gasteiger partial charge on any atom is -0.493 e. The number of para-hydroxylation sites is 1. The van der Waals surface area contributed by atoms with Crippen molar-refractivity contribution in [3.05, 3.63) is 54.1 Å². The first-order valence-electron chi connectivity index (χ1n) is 8.28. The summed E-state index contributed by atoms with van der Waals surface area (Å²) >= 11 is 0. The van der Waals surface area contributed by atoms with Crippen LogP contribution in [0.4, 0.5) is 11.4 Å². The number of amides is 1. The Morgan fingerprint density at radius 2 is 1.85 bits per heavy atom. The van der Waals surface area contributed by atoms with Crippen LogP contribution in [0.1, 0.15) is 17.3 Å². The number of aromatic hydroxyl groups is 1. The van der Waals surface area contributed by atoms with E-state index in [0.717, 1.165) is 0 Å². The van der Waals surface area contributed by atoms with Crippen LogP contribution in [0.25, 0.3) is 10.9 Å². The van der Waals surface area contributed by atoms with Gasteiger partial charge in [-0.15, -0.1) is 10.2 Å². The zero-order valence-electron chi connectivity index (χ0n) is 14.6. The Morgan fingerprint density at radius 3 is 2.56 bits per heavy atom. The van der Waals surface area contributed by atoms with Gasteiger partial charge in [-0.05, 0) is 37.3 Å². The van der Waals surface area contributed by atoms with Crippen molar-refractivity contribution >= 4 is 34.2 Å². The van der Waals surface area contributed by atoms with E-state index in [-0.39, 0.29) is 24.7 Å². The number of carbonyl (C=O) groups excluding carboxylic acids is 2. The monoisotopic (exact) mass is 366 g/mol. The number of carbonyl (C=O) groups is 2. The van der Waals surface area contributed by atoms with E-state index in [1.54, 1.807) is 55.5 Å². The van der Waals surface area contributed by atoms with Crippen molar-refractivity contribution in [2.45, 2.75) is 13.5 Å². The molecule has 0 aliphatic rings. The van der Waals surface area contributed by atoms with E-state index in [1.807, 2.05) is 0 Å². The highest BCUT2D eigenvalue weighted by molar-refractivity contribution is 5.98. The van der Waals surface area contributed by atoms with E-state index < -0.39 is 11.9 Å². The van der Waals surface area contributed by atoms with Crippen molar-refractivity contribution in [3.63, 3.8) is 0 Å². The summed E-state index contributed by atoms with van der Waals surface area (Å²) in [6.45, 7) is 1.76. The average Bonchev–Trinajstić information content (AvgIpc) is 2.92. The standard InChI is InChI=1S/C19H18N4O4/c1-2-27-16(24)11-23-15-6-4-3-5-14(15)17(19(23)26)21-22-18(25)12-7-9-13(20)10-8-12/h3-10,26H,2,11,20H2,1H3.